The van der Waals surface area contributed by atoms with E-state index >= 15 is 0 Å². The van der Waals surface area contributed by atoms with Crippen LogP contribution in [0.1, 0.15) is 25.3 Å². The number of piperidine rings is 1. The molecule has 0 aromatic heterocycles. The fraction of sp³-hybridized carbons (Fsp3) is 0.625. The zero-order valence-corrected chi connectivity index (χ0v) is 12.4. The Hall–Kier alpha value is -1.06. The van der Waals surface area contributed by atoms with Gasteiger partial charge in [-0.05, 0) is 51.4 Å². The maximum absolute atomic E-state index is 5.83. The first-order valence-electron chi connectivity index (χ1n) is 7.30. The third-order valence-corrected chi connectivity index (χ3v) is 4.06. The van der Waals surface area contributed by atoms with Crippen molar-refractivity contribution in [3.8, 4) is 5.75 Å². The molecule has 1 aliphatic rings. The lowest BCUT2D eigenvalue weighted by Crippen LogP contribution is -2.47. The van der Waals surface area contributed by atoms with Gasteiger partial charge in [0.2, 0.25) is 0 Å². The molecule has 19 heavy (non-hydrogen) atoms. The predicted octanol–water partition coefficient (Wildman–Crippen LogP) is 2.45. The molecule has 1 fully saturated rings. The molecule has 0 saturated carbocycles. The minimum atomic E-state index is 0.646. The number of likely N-dealkylation sites (tertiary alicyclic amines) is 1. The van der Waals surface area contributed by atoms with Crippen molar-refractivity contribution in [2.24, 2.45) is 0 Å². The van der Waals surface area contributed by atoms with Crippen molar-refractivity contribution in [1.29, 1.82) is 0 Å². The van der Waals surface area contributed by atoms with Crippen LogP contribution in [-0.4, -0.2) is 43.7 Å². The highest BCUT2D eigenvalue weighted by Crippen LogP contribution is 2.17. The molecule has 3 nitrogen and oxygen atoms in total. The second-order valence-corrected chi connectivity index (χ2v) is 5.56. The molecule has 1 heterocycles. The van der Waals surface area contributed by atoms with E-state index in [0.29, 0.717) is 12.1 Å². The topological polar surface area (TPSA) is 24.5 Å². The number of nitrogens with one attached hydrogen (secondary N) is 1. The van der Waals surface area contributed by atoms with Gasteiger partial charge in [-0.15, -0.1) is 0 Å². The summed E-state index contributed by atoms with van der Waals surface area (Å²) < 4.78 is 5.83. The molecule has 2 rings (SSSR count). The lowest BCUT2D eigenvalue weighted by molar-refractivity contribution is 0.117. The quantitative estimate of drug-likeness (QED) is 0.882. The van der Waals surface area contributed by atoms with Crippen molar-refractivity contribution >= 4 is 0 Å². The van der Waals surface area contributed by atoms with Gasteiger partial charge in [-0.25, -0.2) is 0 Å². The van der Waals surface area contributed by atoms with Gasteiger partial charge in [0.05, 0.1) is 0 Å². The number of ether oxygens (including phenoxy) is 1. The Balaban J connectivity index is 1.74. The number of benzene rings is 1. The molecule has 2 atom stereocenters. The van der Waals surface area contributed by atoms with E-state index < -0.39 is 0 Å². The van der Waals surface area contributed by atoms with Gasteiger partial charge < -0.3 is 10.1 Å². The van der Waals surface area contributed by atoms with Gasteiger partial charge in [0, 0.05) is 25.2 Å². The van der Waals surface area contributed by atoms with Crippen LogP contribution >= 0.6 is 0 Å². The molecule has 1 aromatic carbocycles. The molecule has 0 bridgehead atoms. The summed E-state index contributed by atoms with van der Waals surface area (Å²) in [5, 5.41) is 3.39. The molecular weight excluding hydrogens is 236 g/mol. The Bertz CT molecular complexity index is 394. The summed E-state index contributed by atoms with van der Waals surface area (Å²) in [4.78, 5) is 2.53. The summed E-state index contributed by atoms with van der Waals surface area (Å²) in [5.74, 6) is 0.984. The molecule has 1 saturated heterocycles. The van der Waals surface area contributed by atoms with Gasteiger partial charge in [-0.3, -0.25) is 4.90 Å². The van der Waals surface area contributed by atoms with Crippen LogP contribution in [0.3, 0.4) is 0 Å². The van der Waals surface area contributed by atoms with Crippen LogP contribution in [0.25, 0.3) is 0 Å². The minimum Gasteiger partial charge on any atom is -0.492 e. The number of hydrogen-bond donors (Lipinski definition) is 1. The standard InChI is InChI=1S/C16H26N2O/c1-13-5-4-6-16(11-13)19-10-9-18-8-7-15(17-3)12-14(18)2/h4-6,11,14-15,17H,7-10,12H2,1-3H3. The maximum Gasteiger partial charge on any atom is 0.119 e. The van der Waals surface area contributed by atoms with Crippen molar-refractivity contribution in [2.75, 3.05) is 26.7 Å². The van der Waals surface area contributed by atoms with Gasteiger partial charge >= 0.3 is 0 Å². The van der Waals surface area contributed by atoms with Crippen LogP contribution in [0, 0.1) is 6.92 Å². The van der Waals surface area contributed by atoms with Crippen molar-refractivity contribution in [3.05, 3.63) is 29.8 Å². The molecule has 0 spiro atoms. The summed E-state index contributed by atoms with van der Waals surface area (Å²) in [7, 11) is 2.06. The average Bonchev–Trinajstić information content (AvgIpc) is 2.40. The summed E-state index contributed by atoms with van der Waals surface area (Å²) in [6.45, 7) is 7.38. The van der Waals surface area contributed by atoms with Gasteiger partial charge in [-0.2, -0.15) is 0 Å². The summed E-state index contributed by atoms with van der Waals surface area (Å²) in [6.07, 6.45) is 2.48. The van der Waals surface area contributed by atoms with Gasteiger partial charge in [0.15, 0.2) is 0 Å². The minimum absolute atomic E-state index is 0.646. The lowest BCUT2D eigenvalue weighted by atomic mass is 9.98. The highest BCUT2D eigenvalue weighted by Gasteiger charge is 2.23. The SMILES string of the molecule is CNC1CCN(CCOc2cccc(C)c2)C(C)C1. The molecule has 1 aromatic rings. The number of aryl methyl sites for hydroxylation is 1. The number of nitrogens with zero attached hydrogens (tertiary/aromatic N) is 1. The highest BCUT2D eigenvalue weighted by atomic mass is 16.5. The summed E-state index contributed by atoms with van der Waals surface area (Å²) in [6, 6.07) is 9.60. The van der Waals surface area contributed by atoms with Crippen LogP contribution < -0.4 is 10.1 Å². The van der Waals surface area contributed by atoms with E-state index in [0.717, 1.165) is 18.9 Å². The van der Waals surface area contributed by atoms with Crippen LogP contribution in [0.4, 0.5) is 0 Å². The van der Waals surface area contributed by atoms with E-state index in [1.54, 1.807) is 0 Å². The largest absolute Gasteiger partial charge is 0.492 e. The van der Waals surface area contributed by atoms with Crippen molar-refractivity contribution in [2.45, 2.75) is 38.8 Å². The van der Waals surface area contributed by atoms with Crippen molar-refractivity contribution in [1.82, 2.24) is 10.2 Å². The van der Waals surface area contributed by atoms with Gasteiger partial charge in [-0.1, -0.05) is 12.1 Å². The Labute approximate surface area is 116 Å². The van der Waals surface area contributed by atoms with E-state index in [9.17, 15) is 0 Å². The van der Waals surface area contributed by atoms with Gasteiger partial charge in [0.1, 0.15) is 12.4 Å². The zero-order valence-electron chi connectivity index (χ0n) is 12.4. The molecule has 3 heteroatoms. The van der Waals surface area contributed by atoms with Crippen molar-refractivity contribution in [3.63, 3.8) is 0 Å². The first-order chi connectivity index (χ1) is 9.19. The predicted molar refractivity (Wildman–Crippen MR) is 79.8 cm³/mol. The third kappa shape index (κ3) is 4.22. The van der Waals surface area contributed by atoms with Crippen LogP contribution in [0.15, 0.2) is 24.3 Å². The fourth-order valence-electron chi connectivity index (χ4n) is 2.80. The zero-order chi connectivity index (χ0) is 13.7. The third-order valence-electron chi connectivity index (χ3n) is 4.06. The van der Waals surface area contributed by atoms with Crippen LogP contribution in [0.2, 0.25) is 0 Å². The number of hydrogen-bond acceptors (Lipinski definition) is 3. The molecule has 106 valence electrons. The maximum atomic E-state index is 5.83. The monoisotopic (exact) mass is 262 g/mol. The normalized spacial score (nSPS) is 24.4. The highest BCUT2D eigenvalue weighted by molar-refractivity contribution is 5.27. The smallest absolute Gasteiger partial charge is 0.119 e. The van der Waals surface area contributed by atoms with Crippen molar-refractivity contribution < 1.29 is 4.74 Å². The van der Waals surface area contributed by atoms with E-state index in [1.165, 1.54) is 24.9 Å². The Morgan fingerprint density at radius 3 is 2.95 bits per heavy atom. The summed E-state index contributed by atoms with van der Waals surface area (Å²) >= 11 is 0. The summed E-state index contributed by atoms with van der Waals surface area (Å²) in [5.41, 5.74) is 1.25. The first-order valence-corrected chi connectivity index (χ1v) is 7.30. The molecule has 0 amide bonds. The average molecular weight is 262 g/mol. The van der Waals surface area contributed by atoms with Crippen LogP contribution in [0.5, 0.6) is 5.75 Å². The van der Waals surface area contributed by atoms with E-state index in [2.05, 4.69) is 43.2 Å². The fourth-order valence-corrected chi connectivity index (χ4v) is 2.80. The first kappa shape index (κ1) is 14.4. The molecule has 0 aliphatic carbocycles. The molecule has 1 aliphatic heterocycles. The molecular formula is C16H26N2O. The Morgan fingerprint density at radius 1 is 1.42 bits per heavy atom. The number of rotatable bonds is 5. The lowest BCUT2D eigenvalue weighted by Gasteiger charge is -2.37. The second-order valence-electron chi connectivity index (χ2n) is 5.56. The van der Waals surface area contributed by atoms with Gasteiger partial charge in [0.25, 0.3) is 0 Å². The van der Waals surface area contributed by atoms with E-state index in [-0.39, 0.29) is 0 Å². The Kier molecular flexibility index (Phi) is 5.23. The second kappa shape index (κ2) is 6.92. The molecule has 1 N–H and O–H groups in total. The van der Waals surface area contributed by atoms with Crippen LogP contribution in [-0.2, 0) is 0 Å². The Morgan fingerprint density at radius 2 is 2.26 bits per heavy atom. The molecule has 0 radical (unpaired) electrons. The van der Waals surface area contributed by atoms with E-state index in [1.807, 2.05) is 12.1 Å². The molecule has 2 unspecified atom stereocenters. The van der Waals surface area contributed by atoms with E-state index in [4.69, 9.17) is 4.74 Å².